The first-order chi connectivity index (χ1) is 23.2. The predicted molar refractivity (Wildman–Crippen MR) is 184 cm³/mol. The summed E-state index contributed by atoms with van der Waals surface area (Å²) in [6.45, 7) is 1.07. The van der Waals surface area contributed by atoms with Crippen molar-refractivity contribution in [3.63, 3.8) is 0 Å². The van der Waals surface area contributed by atoms with E-state index in [4.69, 9.17) is 14.4 Å². The number of aromatic nitrogens is 3. The van der Waals surface area contributed by atoms with Crippen LogP contribution < -0.4 is 9.62 Å². The highest BCUT2D eigenvalue weighted by Crippen LogP contribution is 2.42. The molecule has 0 spiro atoms. The van der Waals surface area contributed by atoms with Crippen LogP contribution in [-0.4, -0.2) is 64.8 Å². The van der Waals surface area contributed by atoms with Crippen LogP contribution in [0.2, 0.25) is 0 Å². The summed E-state index contributed by atoms with van der Waals surface area (Å²) >= 11 is 1.49. The fourth-order valence-electron chi connectivity index (χ4n) is 6.51. The third-order valence-electron chi connectivity index (χ3n) is 8.95. The summed E-state index contributed by atoms with van der Waals surface area (Å²) in [5, 5.41) is 3.72. The minimum Gasteiger partial charge on any atom is -0.455 e. The molecule has 0 saturated carbocycles. The van der Waals surface area contributed by atoms with Crippen LogP contribution in [0.5, 0.6) is 0 Å². The number of halogens is 3. The highest BCUT2D eigenvalue weighted by atomic mass is 32.2. The zero-order chi connectivity index (χ0) is 33.3. The van der Waals surface area contributed by atoms with Crippen LogP contribution in [0.1, 0.15) is 16.2 Å². The number of nitrogens with one attached hydrogen (secondary N) is 1. The van der Waals surface area contributed by atoms with Crippen molar-refractivity contribution in [2.45, 2.75) is 12.7 Å². The fraction of sp³-hybridized carbons (Fsp3) is 0.194. The molecule has 0 radical (unpaired) electrons. The first-order valence-corrected chi connectivity index (χ1v) is 16.5. The second kappa shape index (κ2) is 11.6. The average molecular weight is 667 g/mol. The minimum atomic E-state index is -0.860. The molecule has 0 unspecified atom stereocenters. The smallest absolute Gasteiger partial charge is 0.255 e. The summed E-state index contributed by atoms with van der Waals surface area (Å²) in [7, 11) is 3.47. The van der Waals surface area contributed by atoms with E-state index in [0.717, 1.165) is 11.3 Å². The minimum absolute atomic E-state index is 0.322. The van der Waals surface area contributed by atoms with Gasteiger partial charge in [0.1, 0.15) is 40.5 Å². The highest BCUT2D eigenvalue weighted by Gasteiger charge is 2.29. The molecule has 7 aromatic rings. The van der Waals surface area contributed by atoms with Gasteiger partial charge in [-0.05, 0) is 60.7 Å². The number of hydrogen-bond donors (Lipinski definition) is 1. The number of fused-ring (bicyclic) bond motifs is 6. The van der Waals surface area contributed by atoms with E-state index in [0.29, 0.717) is 86.5 Å². The number of rotatable bonds is 7. The number of pyridine rings is 1. The van der Waals surface area contributed by atoms with Gasteiger partial charge in [-0.2, -0.15) is 0 Å². The summed E-state index contributed by atoms with van der Waals surface area (Å²) in [5.74, 6) is -0.100. The van der Waals surface area contributed by atoms with Crippen molar-refractivity contribution in [1.29, 1.82) is 0 Å². The van der Waals surface area contributed by atoms with E-state index in [1.807, 2.05) is 57.2 Å². The Kier molecular flexibility index (Phi) is 7.30. The van der Waals surface area contributed by atoms with Crippen molar-refractivity contribution < 1.29 is 22.4 Å². The van der Waals surface area contributed by atoms with Crippen molar-refractivity contribution in [1.82, 2.24) is 24.6 Å². The summed E-state index contributed by atoms with van der Waals surface area (Å²) < 4.78 is 52.8. The first-order valence-electron chi connectivity index (χ1n) is 15.4. The van der Waals surface area contributed by atoms with E-state index in [1.165, 1.54) is 30.1 Å². The maximum Gasteiger partial charge on any atom is 0.255 e. The Labute approximate surface area is 277 Å². The number of anilines is 1. The van der Waals surface area contributed by atoms with Gasteiger partial charge in [-0.15, -0.1) is 0 Å². The molecule has 0 bridgehead atoms. The Bertz CT molecular complexity index is 2400. The Morgan fingerprint density at radius 2 is 1.81 bits per heavy atom. The van der Waals surface area contributed by atoms with Gasteiger partial charge < -0.3 is 14.0 Å². The normalized spacial score (nSPS) is 14.0. The molecule has 3 aromatic carbocycles. The molecule has 4 aromatic heterocycles. The number of likely N-dealkylation sites (tertiary alicyclic amines) is 1. The van der Waals surface area contributed by atoms with Crippen LogP contribution in [0, 0.1) is 11.6 Å². The molecule has 48 heavy (non-hydrogen) atoms. The van der Waals surface area contributed by atoms with Gasteiger partial charge in [0.2, 0.25) is 0 Å². The van der Waals surface area contributed by atoms with Crippen molar-refractivity contribution >= 4 is 62.0 Å². The largest absolute Gasteiger partial charge is 0.455 e. The third kappa shape index (κ3) is 4.86. The molecule has 0 aliphatic carbocycles. The molecule has 242 valence electrons. The van der Waals surface area contributed by atoms with Crippen LogP contribution >= 0.6 is 11.9 Å². The Morgan fingerprint density at radius 1 is 1.02 bits per heavy atom. The molecule has 1 N–H and O–H groups in total. The van der Waals surface area contributed by atoms with Gasteiger partial charge in [0.25, 0.3) is 5.91 Å². The van der Waals surface area contributed by atoms with E-state index < -0.39 is 12.0 Å². The van der Waals surface area contributed by atoms with Gasteiger partial charge in [-0.25, -0.2) is 23.1 Å². The summed E-state index contributed by atoms with van der Waals surface area (Å²) in [6.07, 6.45) is 1.09. The quantitative estimate of drug-likeness (QED) is 0.175. The number of alkyl halides is 1. The number of furan rings is 1. The Hall–Kier alpha value is -5.07. The van der Waals surface area contributed by atoms with E-state index >= 15 is 4.39 Å². The van der Waals surface area contributed by atoms with Crippen molar-refractivity contribution in [3.8, 4) is 22.6 Å². The lowest BCUT2D eigenvalue weighted by Crippen LogP contribution is -2.47. The molecule has 1 saturated heterocycles. The molecule has 5 heterocycles. The van der Waals surface area contributed by atoms with Crippen LogP contribution in [-0.2, 0) is 6.54 Å². The first kappa shape index (κ1) is 30.3. The molecular formula is C36H29F3N6O2S. The van der Waals surface area contributed by atoms with Crippen molar-refractivity contribution in [2.75, 3.05) is 37.7 Å². The summed E-state index contributed by atoms with van der Waals surface area (Å²) in [5.41, 5.74) is 6.03. The van der Waals surface area contributed by atoms with Crippen LogP contribution in [0.15, 0.2) is 77.2 Å². The molecule has 8 nitrogen and oxygen atoms in total. The Balaban J connectivity index is 1.37. The van der Waals surface area contributed by atoms with E-state index in [1.54, 1.807) is 31.3 Å². The lowest BCUT2D eigenvalue weighted by Gasteiger charge is -2.34. The van der Waals surface area contributed by atoms with Gasteiger partial charge in [-0.3, -0.25) is 14.1 Å². The molecule has 1 aliphatic rings. The number of hydrogen-bond acceptors (Lipinski definition) is 7. The van der Waals surface area contributed by atoms with Gasteiger partial charge in [0.15, 0.2) is 0 Å². The molecule has 1 aliphatic heterocycles. The third-order valence-corrected chi connectivity index (χ3v) is 9.69. The van der Waals surface area contributed by atoms with E-state index in [-0.39, 0.29) is 11.7 Å². The van der Waals surface area contributed by atoms with Gasteiger partial charge in [0.05, 0.1) is 40.0 Å². The molecular weight excluding hydrogens is 637 g/mol. The second-order valence-electron chi connectivity index (χ2n) is 11.9. The summed E-state index contributed by atoms with van der Waals surface area (Å²) in [6, 6.07) is 20.0. The monoisotopic (exact) mass is 666 g/mol. The maximum atomic E-state index is 15.1. The molecule has 1 fully saturated rings. The average Bonchev–Trinajstić information content (AvgIpc) is 3.66. The van der Waals surface area contributed by atoms with Crippen molar-refractivity contribution in [2.24, 2.45) is 0 Å². The number of benzene rings is 3. The topological polar surface area (TPSA) is 78.9 Å². The lowest BCUT2D eigenvalue weighted by atomic mass is 10.0. The molecule has 1 amide bonds. The second-order valence-corrected chi connectivity index (χ2v) is 12.8. The number of nitrogens with zero attached hydrogens (tertiary/aromatic N) is 5. The fourth-order valence-corrected chi connectivity index (χ4v) is 6.86. The van der Waals surface area contributed by atoms with Crippen LogP contribution in [0.4, 0.5) is 18.9 Å². The number of carbonyl (C=O) groups is 1. The van der Waals surface area contributed by atoms with Crippen LogP contribution in [0.3, 0.4) is 0 Å². The molecule has 8 rings (SSSR count). The highest BCUT2D eigenvalue weighted by molar-refractivity contribution is 7.99. The van der Waals surface area contributed by atoms with E-state index in [2.05, 4.69) is 5.32 Å². The molecule has 0 atom stereocenters. The maximum absolute atomic E-state index is 15.1. The zero-order valence-electron chi connectivity index (χ0n) is 26.2. The zero-order valence-corrected chi connectivity index (χ0v) is 27.0. The lowest BCUT2D eigenvalue weighted by molar-refractivity contribution is 0.0567. The number of carbonyl (C=O) groups excluding carboxylic acids is 1. The van der Waals surface area contributed by atoms with Gasteiger partial charge in [0, 0.05) is 61.4 Å². The van der Waals surface area contributed by atoms with Crippen LogP contribution in [0.25, 0.3) is 61.0 Å². The predicted octanol–water partition coefficient (Wildman–Crippen LogP) is 7.62. The summed E-state index contributed by atoms with van der Waals surface area (Å²) in [4.78, 5) is 25.4. The SMILES string of the molecule is CNC(=O)c1c(-c2ccc(F)cc2)oc2cc(N(C)SC)c(-c3ccc4nc(CN5CC(F)C5)n5c6cccc(F)c6cc5c4n3)cc12. The van der Waals surface area contributed by atoms with Crippen molar-refractivity contribution in [3.05, 3.63) is 95.8 Å². The molecule has 12 heteroatoms. The van der Waals surface area contributed by atoms with Gasteiger partial charge in [-0.1, -0.05) is 18.0 Å². The Morgan fingerprint density at radius 3 is 2.54 bits per heavy atom. The van der Waals surface area contributed by atoms with Gasteiger partial charge >= 0.3 is 0 Å². The standard InChI is InChI=1S/C36H29F3N6O2S/c1-40-36(46)33-24-13-23(29(43(2)48-3)15-31(24)47-35(33)19-7-9-20(37)10-8-19)26-11-12-27-34(42-26)30-14-22-25(39)5-4-6-28(22)45(30)32(41-27)18-44-16-21(38)17-44/h4-15,21H,16-18H2,1-3H3,(H,40,46). The van der Waals surface area contributed by atoms with E-state index in [9.17, 15) is 13.6 Å². The number of amides is 1.